The zero-order valence-corrected chi connectivity index (χ0v) is 11.5. The molecule has 2 fully saturated rings. The number of hydrogen-bond donors (Lipinski definition) is 3. The Labute approximate surface area is 110 Å². The van der Waals surface area contributed by atoms with Gasteiger partial charge in [-0.2, -0.15) is 0 Å². The Hall–Kier alpha value is -0.610. The topological polar surface area (TPSA) is 61.4 Å². The highest BCUT2D eigenvalue weighted by Gasteiger charge is 2.35. The lowest BCUT2D eigenvalue weighted by molar-refractivity contribution is -0.126. The van der Waals surface area contributed by atoms with Crippen molar-refractivity contribution in [3.8, 4) is 0 Å². The molecule has 0 spiro atoms. The summed E-state index contributed by atoms with van der Waals surface area (Å²) in [4.78, 5) is 12.2. The maximum atomic E-state index is 12.2. The molecular formula is C14H26N2O2. The molecule has 0 radical (unpaired) electrons. The van der Waals surface area contributed by atoms with Crippen LogP contribution in [0.15, 0.2) is 0 Å². The molecule has 3 atom stereocenters. The number of amides is 1. The highest BCUT2D eigenvalue weighted by Crippen LogP contribution is 2.35. The van der Waals surface area contributed by atoms with Crippen molar-refractivity contribution in [2.75, 3.05) is 13.2 Å². The summed E-state index contributed by atoms with van der Waals surface area (Å²) in [5.41, 5.74) is -0.526. The molecule has 2 aliphatic rings. The number of carbonyl (C=O) groups is 1. The molecule has 1 saturated carbocycles. The van der Waals surface area contributed by atoms with Gasteiger partial charge >= 0.3 is 0 Å². The van der Waals surface area contributed by atoms with Gasteiger partial charge in [0.2, 0.25) is 5.91 Å². The van der Waals surface area contributed by atoms with E-state index in [0.717, 1.165) is 18.9 Å². The largest absolute Gasteiger partial charge is 0.394 e. The minimum absolute atomic E-state index is 0.0302. The normalized spacial score (nSPS) is 32.7. The number of rotatable bonds is 3. The SMILES string of the molecule is CC(C)(CO)NC(=O)C1C[C@@H]2CCCC[C@@H]2CN1. The Morgan fingerprint density at radius 1 is 1.33 bits per heavy atom. The van der Waals surface area contributed by atoms with Gasteiger partial charge in [0, 0.05) is 0 Å². The first-order valence-corrected chi connectivity index (χ1v) is 7.18. The van der Waals surface area contributed by atoms with Crippen molar-refractivity contribution in [3.05, 3.63) is 0 Å². The fourth-order valence-electron chi connectivity index (χ4n) is 3.20. The Morgan fingerprint density at radius 2 is 2.00 bits per heavy atom. The molecule has 0 aromatic rings. The zero-order chi connectivity index (χ0) is 13.2. The summed E-state index contributed by atoms with van der Waals surface area (Å²) in [6, 6.07) is -0.0739. The van der Waals surface area contributed by atoms with Crippen LogP contribution < -0.4 is 10.6 Å². The molecule has 4 heteroatoms. The standard InChI is InChI=1S/C14H26N2O2/c1-14(2,9-17)16-13(18)12-7-10-5-3-4-6-11(10)8-15-12/h10-12,15,17H,3-9H2,1-2H3,(H,16,18)/t10-,11+,12?/m0/s1. The number of nitrogens with one attached hydrogen (secondary N) is 2. The van der Waals surface area contributed by atoms with Crippen LogP contribution in [-0.4, -0.2) is 35.7 Å². The molecule has 0 aromatic heterocycles. The number of fused-ring (bicyclic) bond motifs is 1. The van der Waals surface area contributed by atoms with Crippen molar-refractivity contribution in [2.45, 2.75) is 57.5 Å². The summed E-state index contributed by atoms with van der Waals surface area (Å²) in [5, 5.41) is 15.5. The average Bonchev–Trinajstić information content (AvgIpc) is 2.37. The van der Waals surface area contributed by atoms with Gasteiger partial charge in [0.25, 0.3) is 0 Å². The first-order chi connectivity index (χ1) is 8.52. The summed E-state index contributed by atoms with van der Waals surface area (Å²) in [7, 11) is 0. The van der Waals surface area contributed by atoms with Crippen molar-refractivity contribution < 1.29 is 9.90 Å². The van der Waals surface area contributed by atoms with E-state index in [1.807, 2.05) is 13.8 Å². The monoisotopic (exact) mass is 254 g/mol. The Balaban J connectivity index is 1.88. The molecule has 3 N–H and O–H groups in total. The summed E-state index contributed by atoms with van der Waals surface area (Å²) >= 11 is 0. The van der Waals surface area contributed by atoms with Crippen LogP contribution >= 0.6 is 0 Å². The maximum absolute atomic E-state index is 12.2. The van der Waals surface area contributed by atoms with E-state index in [-0.39, 0.29) is 18.6 Å². The van der Waals surface area contributed by atoms with E-state index in [2.05, 4.69) is 10.6 Å². The minimum Gasteiger partial charge on any atom is -0.394 e. The molecule has 2 rings (SSSR count). The van der Waals surface area contributed by atoms with E-state index in [4.69, 9.17) is 0 Å². The second-order valence-electron chi connectivity index (χ2n) is 6.53. The molecule has 104 valence electrons. The van der Waals surface area contributed by atoms with Crippen molar-refractivity contribution in [3.63, 3.8) is 0 Å². The first kappa shape index (κ1) is 13.8. The first-order valence-electron chi connectivity index (χ1n) is 7.18. The third kappa shape index (κ3) is 3.23. The van der Waals surface area contributed by atoms with Crippen LogP contribution in [-0.2, 0) is 4.79 Å². The number of hydrogen-bond acceptors (Lipinski definition) is 3. The molecule has 1 heterocycles. The van der Waals surface area contributed by atoms with Gasteiger partial charge in [-0.05, 0) is 45.1 Å². The Bertz CT molecular complexity index is 304. The molecule has 0 aromatic carbocycles. The fourth-order valence-corrected chi connectivity index (χ4v) is 3.20. The maximum Gasteiger partial charge on any atom is 0.237 e. The van der Waals surface area contributed by atoms with Gasteiger partial charge in [-0.3, -0.25) is 4.79 Å². The lowest BCUT2D eigenvalue weighted by atomic mass is 9.73. The summed E-state index contributed by atoms with van der Waals surface area (Å²) in [5.74, 6) is 1.53. The fraction of sp³-hybridized carbons (Fsp3) is 0.929. The van der Waals surface area contributed by atoms with Gasteiger partial charge in [-0.15, -0.1) is 0 Å². The van der Waals surface area contributed by atoms with Gasteiger partial charge in [0.05, 0.1) is 18.2 Å². The smallest absolute Gasteiger partial charge is 0.237 e. The number of carbonyl (C=O) groups excluding carboxylic acids is 1. The zero-order valence-electron chi connectivity index (χ0n) is 11.5. The molecule has 1 aliphatic carbocycles. The summed E-state index contributed by atoms with van der Waals surface area (Å²) < 4.78 is 0. The van der Waals surface area contributed by atoms with Gasteiger partial charge in [-0.25, -0.2) is 0 Å². The predicted octanol–water partition coefficient (Wildman–Crippen LogP) is 1.04. The van der Waals surface area contributed by atoms with Crippen molar-refractivity contribution in [1.29, 1.82) is 0 Å². The average molecular weight is 254 g/mol. The number of aliphatic hydroxyl groups excluding tert-OH is 1. The second kappa shape index (κ2) is 5.57. The minimum atomic E-state index is -0.526. The lowest BCUT2D eigenvalue weighted by Crippen LogP contribution is -2.57. The third-order valence-corrected chi connectivity index (χ3v) is 4.40. The second-order valence-corrected chi connectivity index (χ2v) is 6.53. The van der Waals surface area contributed by atoms with Crippen molar-refractivity contribution >= 4 is 5.91 Å². The van der Waals surface area contributed by atoms with Crippen LogP contribution in [0.3, 0.4) is 0 Å². The van der Waals surface area contributed by atoms with Crippen molar-refractivity contribution in [2.24, 2.45) is 11.8 Å². The Morgan fingerprint density at radius 3 is 2.67 bits per heavy atom. The molecule has 1 aliphatic heterocycles. The summed E-state index contributed by atoms with van der Waals surface area (Å²) in [6.45, 7) is 4.63. The highest BCUT2D eigenvalue weighted by atomic mass is 16.3. The lowest BCUT2D eigenvalue weighted by Gasteiger charge is -2.40. The van der Waals surface area contributed by atoms with Gasteiger partial charge < -0.3 is 15.7 Å². The number of aliphatic hydroxyl groups is 1. The molecule has 1 amide bonds. The van der Waals surface area contributed by atoms with E-state index >= 15 is 0 Å². The molecular weight excluding hydrogens is 228 g/mol. The number of piperidine rings is 1. The molecule has 18 heavy (non-hydrogen) atoms. The van der Waals surface area contributed by atoms with Crippen LogP contribution in [0.25, 0.3) is 0 Å². The van der Waals surface area contributed by atoms with Gasteiger partial charge in [0.15, 0.2) is 0 Å². The van der Waals surface area contributed by atoms with E-state index in [9.17, 15) is 9.90 Å². The van der Waals surface area contributed by atoms with Gasteiger partial charge in [-0.1, -0.05) is 19.3 Å². The predicted molar refractivity (Wildman–Crippen MR) is 71.2 cm³/mol. The van der Waals surface area contributed by atoms with Gasteiger partial charge in [0.1, 0.15) is 0 Å². The highest BCUT2D eigenvalue weighted by molar-refractivity contribution is 5.82. The third-order valence-electron chi connectivity index (χ3n) is 4.40. The molecule has 1 unspecified atom stereocenters. The van der Waals surface area contributed by atoms with Crippen LogP contribution in [0, 0.1) is 11.8 Å². The summed E-state index contributed by atoms with van der Waals surface area (Å²) in [6.07, 6.45) is 6.21. The van der Waals surface area contributed by atoms with E-state index in [0.29, 0.717) is 5.92 Å². The van der Waals surface area contributed by atoms with E-state index in [1.165, 1.54) is 25.7 Å². The molecule has 0 bridgehead atoms. The quantitative estimate of drug-likeness (QED) is 0.705. The van der Waals surface area contributed by atoms with Crippen molar-refractivity contribution in [1.82, 2.24) is 10.6 Å². The van der Waals surface area contributed by atoms with Crippen LogP contribution in [0.1, 0.15) is 46.0 Å². The van der Waals surface area contributed by atoms with E-state index in [1.54, 1.807) is 0 Å². The molecule has 1 saturated heterocycles. The van der Waals surface area contributed by atoms with E-state index < -0.39 is 5.54 Å². The van der Waals surface area contributed by atoms with Crippen LogP contribution in [0.2, 0.25) is 0 Å². The molecule has 4 nitrogen and oxygen atoms in total. The van der Waals surface area contributed by atoms with Crippen LogP contribution in [0.4, 0.5) is 0 Å². The van der Waals surface area contributed by atoms with Crippen LogP contribution in [0.5, 0.6) is 0 Å². The Kier molecular flexibility index (Phi) is 4.28.